The third-order valence-corrected chi connectivity index (χ3v) is 3.08. The van der Waals surface area contributed by atoms with Gasteiger partial charge in [-0.2, -0.15) is 0 Å². The lowest BCUT2D eigenvalue weighted by Crippen LogP contribution is -2.24. The Balaban J connectivity index is 2.54. The Morgan fingerprint density at radius 2 is 2.10 bits per heavy atom. The van der Waals surface area contributed by atoms with Gasteiger partial charge in [-0.3, -0.25) is 0 Å². The number of halogens is 1. The van der Waals surface area contributed by atoms with Crippen LogP contribution in [0.2, 0.25) is 0 Å². The maximum absolute atomic E-state index is 14.1. The summed E-state index contributed by atoms with van der Waals surface area (Å²) in [5.74, 6) is 0.427. The lowest BCUT2D eigenvalue weighted by Gasteiger charge is -2.20. The van der Waals surface area contributed by atoms with Gasteiger partial charge in [0.25, 0.3) is 0 Å². The molecule has 1 aromatic carbocycles. The smallest absolute Gasteiger partial charge is 0.146 e. The van der Waals surface area contributed by atoms with Gasteiger partial charge in [0.1, 0.15) is 5.82 Å². The molecule has 0 amide bonds. The number of hydrogen-bond acceptors (Lipinski definition) is 3. The van der Waals surface area contributed by atoms with E-state index in [2.05, 4.69) is 19.2 Å². The highest BCUT2D eigenvalue weighted by molar-refractivity contribution is 5.48. The van der Waals surface area contributed by atoms with Gasteiger partial charge in [0, 0.05) is 26.7 Å². The van der Waals surface area contributed by atoms with Crippen molar-refractivity contribution in [2.24, 2.45) is 5.92 Å². The molecule has 4 heteroatoms. The Hall–Kier alpha value is -1.13. The molecule has 0 spiro atoms. The van der Waals surface area contributed by atoms with Gasteiger partial charge in [0.05, 0.1) is 12.3 Å². The van der Waals surface area contributed by atoms with Gasteiger partial charge >= 0.3 is 0 Å². The van der Waals surface area contributed by atoms with Crippen LogP contribution in [0.1, 0.15) is 26.3 Å². The van der Waals surface area contributed by atoms with Gasteiger partial charge in [0.2, 0.25) is 0 Å². The van der Waals surface area contributed by atoms with Gasteiger partial charge in [-0.25, -0.2) is 4.39 Å². The molecule has 0 bridgehead atoms. The third-order valence-electron chi connectivity index (χ3n) is 3.08. The van der Waals surface area contributed by atoms with Gasteiger partial charge in [0.15, 0.2) is 0 Å². The normalized spacial score (nSPS) is 11.1. The number of nitrogens with zero attached hydrogens (tertiary/aromatic N) is 1. The summed E-state index contributed by atoms with van der Waals surface area (Å²) in [6.45, 7) is 9.92. The molecule has 1 rings (SSSR count). The van der Waals surface area contributed by atoms with Gasteiger partial charge in [-0.05, 0) is 37.1 Å². The van der Waals surface area contributed by atoms with E-state index in [1.807, 2.05) is 31.0 Å². The fourth-order valence-electron chi connectivity index (χ4n) is 1.94. The first kappa shape index (κ1) is 16.9. The predicted molar refractivity (Wildman–Crippen MR) is 82.7 cm³/mol. The van der Waals surface area contributed by atoms with E-state index in [0.29, 0.717) is 37.9 Å². The summed E-state index contributed by atoms with van der Waals surface area (Å²) in [7, 11) is 1.88. The number of nitrogens with one attached hydrogen (secondary N) is 1. The first-order chi connectivity index (χ1) is 9.54. The van der Waals surface area contributed by atoms with Crippen molar-refractivity contribution in [3.63, 3.8) is 0 Å². The summed E-state index contributed by atoms with van der Waals surface area (Å²) >= 11 is 0. The molecule has 0 atom stereocenters. The Kier molecular flexibility index (Phi) is 7.55. The van der Waals surface area contributed by atoms with E-state index in [1.165, 1.54) is 0 Å². The Labute approximate surface area is 122 Å². The lowest BCUT2D eigenvalue weighted by atomic mass is 10.1. The highest BCUT2D eigenvalue weighted by Crippen LogP contribution is 2.19. The van der Waals surface area contributed by atoms with Crippen LogP contribution in [0.4, 0.5) is 10.1 Å². The molecule has 0 saturated heterocycles. The summed E-state index contributed by atoms with van der Waals surface area (Å²) in [6, 6.07) is 5.43. The molecule has 0 aliphatic heterocycles. The van der Waals surface area contributed by atoms with Gasteiger partial charge < -0.3 is 15.0 Å². The van der Waals surface area contributed by atoms with Crippen LogP contribution in [0.15, 0.2) is 18.2 Å². The predicted octanol–water partition coefficient (Wildman–Crippen LogP) is 3.04. The van der Waals surface area contributed by atoms with E-state index in [1.54, 1.807) is 6.07 Å². The number of benzene rings is 1. The molecule has 3 nitrogen and oxygen atoms in total. The highest BCUT2D eigenvalue weighted by atomic mass is 19.1. The van der Waals surface area contributed by atoms with Crippen LogP contribution in [0.3, 0.4) is 0 Å². The molecule has 1 aromatic rings. The average molecular weight is 282 g/mol. The van der Waals surface area contributed by atoms with Crippen molar-refractivity contribution in [2.75, 3.05) is 38.3 Å². The average Bonchev–Trinajstić information content (AvgIpc) is 2.38. The molecular weight excluding hydrogens is 255 g/mol. The molecule has 0 saturated carbocycles. The number of rotatable bonds is 9. The second kappa shape index (κ2) is 8.93. The van der Waals surface area contributed by atoms with Crippen LogP contribution in [0.25, 0.3) is 0 Å². The zero-order valence-electron chi connectivity index (χ0n) is 13.1. The van der Waals surface area contributed by atoms with Crippen LogP contribution in [0, 0.1) is 11.7 Å². The quantitative estimate of drug-likeness (QED) is 0.705. The molecule has 0 unspecified atom stereocenters. The number of anilines is 1. The van der Waals surface area contributed by atoms with E-state index < -0.39 is 0 Å². The van der Waals surface area contributed by atoms with E-state index in [9.17, 15) is 4.39 Å². The molecule has 0 radical (unpaired) electrons. The summed E-state index contributed by atoms with van der Waals surface area (Å²) in [4.78, 5) is 1.89. The van der Waals surface area contributed by atoms with E-state index >= 15 is 0 Å². The molecule has 0 aliphatic rings. The first-order valence-electron chi connectivity index (χ1n) is 7.32. The largest absolute Gasteiger partial charge is 0.380 e. The van der Waals surface area contributed by atoms with E-state index in [4.69, 9.17) is 4.74 Å². The maximum atomic E-state index is 14.1. The SMILES string of the molecule is CCOCCN(C)c1ccc(CNCC(C)C)cc1F. The molecule has 1 N–H and O–H groups in total. The van der Waals surface area contributed by atoms with Crippen molar-refractivity contribution in [2.45, 2.75) is 27.3 Å². The summed E-state index contributed by atoms with van der Waals surface area (Å²) < 4.78 is 19.4. The summed E-state index contributed by atoms with van der Waals surface area (Å²) in [5.41, 5.74) is 1.60. The minimum Gasteiger partial charge on any atom is -0.380 e. The van der Waals surface area contributed by atoms with Crippen molar-refractivity contribution in [1.29, 1.82) is 0 Å². The molecule has 0 aromatic heterocycles. The molecule has 114 valence electrons. The summed E-state index contributed by atoms with van der Waals surface area (Å²) in [6.07, 6.45) is 0. The molecule has 0 heterocycles. The van der Waals surface area contributed by atoms with Crippen molar-refractivity contribution >= 4 is 5.69 Å². The van der Waals surface area contributed by atoms with Crippen molar-refractivity contribution < 1.29 is 9.13 Å². The fraction of sp³-hybridized carbons (Fsp3) is 0.625. The summed E-state index contributed by atoms with van der Waals surface area (Å²) in [5, 5.41) is 3.32. The Morgan fingerprint density at radius 1 is 1.35 bits per heavy atom. The number of ether oxygens (including phenoxy) is 1. The first-order valence-corrected chi connectivity index (χ1v) is 7.32. The highest BCUT2D eigenvalue weighted by Gasteiger charge is 2.08. The van der Waals surface area contributed by atoms with Crippen LogP contribution >= 0.6 is 0 Å². The van der Waals surface area contributed by atoms with Crippen LogP contribution in [-0.4, -0.2) is 33.4 Å². The van der Waals surface area contributed by atoms with E-state index in [-0.39, 0.29) is 5.82 Å². The molecule has 20 heavy (non-hydrogen) atoms. The van der Waals surface area contributed by atoms with Crippen LogP contribution in [0.5, 0.6) is 0 Å². The van der Waals surface area contributed by atoms with Crippen molar-refractivity contribution in [3.05, 3.63) is 29.6 Å². The van der Waals surface area contributed by atoms with Crippen LogP contribution < -0.4 is 10.2 Å². The molecular formula is C16H27FN2O. The topological polar surface area (TPSA) is 24.5 Å². The zero-order valence-corrected chi connectivity index (χ0v) is 13.1. The number of hydrogen-bond donors (Lipinski definition) is 1. The number of likely N-dealkylation sites (N-methyl/N-ethyl adjacent to an activating group) is 1. The Morgan fingerprint density at radius 3 is 2.70 bits per heavy atom. The van der Waals surface area contributed by atoms with Gasteiger partial charge in [-0.1, -0.05) is 19.9 Å². The molecule has 0 fully saturated rings. The lowest BCUT2D eigenvalue weighted by molar-refractivity contribution is 0.154. The maximum Gasteiger partial charge on any atom is 0.146 e. The monoisotopic (exact) mass is 282 g/mol. The van der Waals surface area contributed by atoms with Crippen molar-refractivity contribution in [1.82, 2.24) is 5.32 Å². The Bertz CT molecular complexity index is 396. The molecule has 0 aliphatic carbocycles. The fourth-order valence-corrected chi connectivity index (χ4v) is 1.94. The van der Waals surface area contributed by atoms with Gasteiger partial charge in [-0.15, -0.1) is 0 Å². The minimum atomic E-state index is -0.173. The second-order valence-corrected chi connectivity index (χ2v) is 5.43. The minimum absolute atomic E-state index is 0.173. The second-order valence-electron chi connectivity index (χ2n) is 5.43. The third kappa shape index (κ3) is 5.88. The standard InChI is InChI=1S/C16H27FN2O/c1-5-20-9-8-19(4)16-7-6-14(10-15(16)17)12-18-11-13(2)3/h6-7,10,13,18H,5,8-9,11-12H2,1-4H3. The van der Waals surface area contributed by atoms with E-state index in [0.717, 1.165) is 12.1 Å². The van der Waals surface area contributed by atoms with Crippen LogP contribution in [-0.2, 0) is 11.3 Å². The zero-order chi connectivity index (χ0) is 15.0. The van der Waals surface area contributed by atoms with Crippen molar-refractivity contribution in [3.8, 4) is 0 Å².